The standard InChI is InChI=1S/C19H16N2O3S/c1-2-11-20-17(22)12-24-19(23)14-8-4-3-7-13(14)18-21-15-9-5-6-10-16(15)25-18/h2-10H,1,11-12H2,(H,20,22). The van der Waals surface area contributed by atoms with Crippen LogP contribution in [0.5, 0.6) is 0 Å². The topological polar surface area (TPSA) is 68.3 Å². The number of esters is 1. The average Bonchev–Trinajstić information content (AvgIpc) is 3.08. The van der Waals surface area contributed by atoms with E-state index >= 15 is 0 Å². The lowest BCUT2D eigenvalue weighted by Crippen LogP contribution is -2.28. The fourth-order valence-corrected chi connectivity index (χ4v) is 3.29. The summed E-state index contributed by atoms with van der Waals surface area (Å²) in [4.78, 5) is 28.5. The van der Waals surface area contributed by atoms with E-state index < -0.39 is 5.97 Å². The SMILES string of the molecule is C=CCNC(=O)COC(=O)c1ccccc1-c1nc2ccccc2s1. The first-order chi connectivity index (χ1) is 12.2. The van der Waals surface area contributed by atoms with Crippen molar-refractivity contribution >= 4 is 33.4 Å². The number of para-hydroxylation sites is 1. The largest absolute Gasteiger partial charge is 0.452 e. The molecule has 1 amide bonds. The summed E-state index contributed by atoms with van der Waals surface area (Å²) in [7, 11) is 0. The van der Waals surface area contributed by atoms with E-state index in [0.29, 0.717) is 17.7 Å². The zero-order valence-electron chi connectivity index (χ0n) is 13.4. The third kappa shape index (κ3) is 3.92. The molecule has 5 nitrogen and oxygen atoms in total. The van der Waals surface area contributed by atoms with E-state index in [1.165, 1.54) is 11.3 Å². The summed E-state index contributed by atoms with van der Waals surface area (Å²) in [5, 5.41) is 3.30. The molecular formula is C19H16N2O3S. The lowest BCUT2D eigenvalue weighted by molar-refractivity contribution is -0.124. The van der Waals surface area contributed by atoms with Gasteiger partial charge in [0.05, 0.1) is 15.8 Å². The summed E-state index contributed by atoms with van der Waals surface area (Å²) >= 11 is 1.51. The molecule has 3 rings (SSSR count). The van der Waals surface area contributed by atoms with E-state index in [1.807, 2.05) is 36.4 Å². The van der Waals surface area contributed by atoms with Gasteiger partial charge in [-0.2, -0.15) is 0 Å². The average molecular weight is 352 g/mol. The molecule has 0 atom stereocenters. The molecule has 0 aliphatic rings. The molecule has 0 bridgehead atoms. The number of aromatic nitrogens is 1. The maximum atomic E-state index is 12.4. The first-order valence-electron chi connectivity index (χ1n) is 7.68. The Morgan fingerprint density at radius 1 is 1.16 bits per heavy atom. The second-order valence-electron chi connectivity index (χ2n) is 5.20. The van der Waals surface area contributed by atoms with Crippen LogP contribution < -0.4 is 5.32 Å². The lowest BCUT2D eigenvalue weighted by Gasteiger charge is -2.08. The van der Waals surface area contributed by atoms with Crippen molar-refractivity contribution in [1.82, 2.24) is 10.3 Å². The predicted octanol–water partition coefficient (Wildman–Crippen LogP) is 3.42. The minimum atomic E-state index is -0.552. The highest BCUT2D eigenvalue weighted by atomic mass is 32.1. The van der Waals surface area contributed by atoms with Crippen molar-refractivity contribution in [1.29, 1.82) is 0 Å². The van der Waals surface area contributed by atoms with Gasteiger partial charge in [0.1, 0.15) is 5.01 Å². The summed E-state index contributed by atoms with van der Waals surface area (Å²) in [5.41, 5.74) is 1.97. The molecule has 0 saturated heterocycles. The van der Waals surface area contributed by atoms with Gasteiger partial charge in [0.25, 0.3) is 5.91 Å². The maximum Gasteiger partial charge on any atom is 0.339 e. The van der Waals surface area contributed by atoms with Crippen molar-refractivity contribution in [3.8, 4) is 10.6 Å². The fraction of sp³-hybridized carbons (Fsp3) is 0.105. The second-order valence-corrected chi connectivity index (χ2v) is 6.23. The minimum absolute atomic E-state index is 0.332. The van der Waals surface area contributed by atoms with Crippen LogP contribution in [0, 0.1) is 0 Å². The molecule has 6 heteroatoms. The summed E-state index contributed by atoms with van der Waals surface area (Å²) in [6, 6.07) is 14.9. The Bertz CT molecular complexity index is 900. The number of nitrogens with zero attached hydrogens (tertiary/aromatic N) is 1. The van der Waals surface area contributed by atoms with Crippen molar-refractivity contribution in [2.45, 2.75) is 0 Å². The lowest BCUT2D eigenvalue weighted by atomic mass is 10.1. The van der Waals surface area contributed by atoms with Crippen LogP contribution in [0.25, 0.3) is 20.8 Å². The zero-order chi connectivity index (χ0) is 17.6. The number of hydrogen-bond acceptors (Lipinski definition) is 5. The number of amides is 1. The van der Waals surface area contributed by atoms with E-state index in [1.54, 1.807) is 18.2 Å². The summed E-state index contributed by atoms with van der Waals surface area (Å²) < 4.78 is 6.16. The molecule has 126 valence electrons. The Morgan fingerprint density at radius 2 is 1.92 bits per heavy atom. The van der Waals surface area contributed by atoms with Gasteiger partial charge in [0.2, 0.25) is 0 Å². The number of hydrogen-bond donors (Lipinski definition) is 1. The third-order valence-corrected chi connectivity index (χ3v) is 4.52. The van der Waals surface area contributed by atoms with Crippen LogP contribution in [-0.4, -0.2) is 30.0 Å². The number of benzene rings is 2. The number of ether oxygens (including phenoxy) is 1. The molecule has 0 unspecified atom stereocenters. The van der Waals surface area contributed by atoms with Crippen LogP contribution in [0.15, 0.2) is 61.2 Å². The van der Waals surface area contributed by atoms with Gasteiger partial charge in [0.15, 0.2) is 6.61 Å². The summed E-state index contributed by atoms with van der Waals surface area (Å²) in [6.45, 7) is 3.51. The van der Waals surface area contributed by atoms with Crippen LogP contribution in [0.1, 0.15) is 10.4 Å². The van der Waals surface area contributed by atoms with Crippen molar-refractivity contribution in [3.63, 3.8) is 0 Å². The normalized spacial score (nSPS) is 10.4. The molecule has 0 spiro atoms. The minimum Gasteiger partial charge on any atom is -0.452 e. The monoisotopic (exact) mass is 352 g/mol. The highest BCUT2D eigenvalue weighted by molar-refractivity contribution is 7.21. The number of nitrogens with one attached hydrogen (secondary N) is 1. The van der Waals surface area contributed by atoms with Crippen molar-refractivity contribution < 1.29 is 14.3 Å². The van der Waals surface area contributed by atoms with Crippen molar-refractivity contribution in [2.75, 3.05) is 13.2 Å². The first-order valence-corrected chi connectivity index (χ1v) is 8.50. The van der Waals surface area contributed by atoms with Gasteiger partial charge in [-0.25, -0.2) is 9.78 Å². The molecule has 2 aromatic carbocycles. The molecule has 0 saturated carbocycles. The molecule has 0 aliphatic heterocycles. The molecule has 0 aliphatic carbocycles. The van der Waals surface area contributed by atoms with Crippen molar-refractivity contribution in [2.24, 2.45) is 0 Å². The fourth-order valence-electron chi connectivity index (χ4n) is 2.28. The van der Waals surface area contributed by atoms with Gasteiger partial charge in [-0.15, -0.1) is 17.9 Å². The number of carbonyl (C=O) groups is 2. The van der Waals surface area contributed by atoms with E-state index in [4.69, 9.17) is 4.74 Å². The number of thiazole rings is 1. The number of carbonyl (C=O) groups excluding carboxylic acids is 2. The van der Waals surface area contributed by atoms with Crippen LogP contribution >= 0.6 is 11.3 Å². The number of rotatable bonds is 6. The van der Waals surface area contributed by atoms with Gasteiger partial charge in [0, 0.05) is 12.1 Å². The quantitative estimate of drug-likeness (QED) is 0.545. The van der Waals surface area contributed by atoms with E-state index in [9.17, 15) is 9.59 Å². The summed E-state index contributed by atoms with van der Waals surface area (Å²) in [6.07, 6.45) is 1.56. The van der Waals surface area contributed by atoms with Crippen LogP contribution in [0.2, 0.25) is 0 Å². The van der Waals surface area contributed by atoms with E-state index in [2.05, 4.69) is 16.9 Å². The maximum absolute atomic E-state index is 12.4. The molecule has 1 N–H and O–H groups in total. The van der Waals surface area contributed by atoms with Gasteiger partial charge >= 0.3 is 5.97 Å². The Kier molecular flexibility index (Phi) is 5.20. The highest BCUT2D eigenvalue weighted by Gasteiger charge is 2.17. The Hall–Kier alpha value is -2.99. The molecule has 0 fully saturated rings. The van der Waals surface area contributed by atoms with Crippen LogP contribution in [0.4, 0.5) is 0 Å². The van der Waals surface area contributed by atoms with Gasteiger partial charge in [-0.1, -0.05) is 36.4 Å². The summed E-state index contributed by atoms with van der Waals surface area (Å²) in [5.74, 6) is -0.922. The van der Waals surface area contributed by atoms with Crippen LogP contribution in [-0.2, 0) is 9.53 Å². The number of fused-ring (bicyclic) bond motifs is 1. The third-order valence-electron chi connectivity index (χ3n) is 3.45. The zero-order valence-corrected chi connectivity index (χ0v) is 14.2. The molecular weight excluding hydrogens is 336 g/mol. The Balaban J connectivity index is 1.82. The van der Waals surface area contributed by atoms with Gasteiger partial charge < -0.3 is 10.1 Å². The van der Waals surface area contributed by atoms with E-state index in [0.717, 1.165) is 15.2 Å². The second kappa shape index (κ2) is 7.72. The molecule has 0 radical (unpaired) electrons. The smallest absolute Gasteiger partial charge is 0.339 e. The Morgan fingerprint density at radius 3 is 2.72 bits per heavy atom. The van der Waals surface area contributed by atoms with Crippen LogP contribution in [0.3, 0.4) is 0 Å². The highest BCUT2D eigenvalue weighted by Crippen LogP contribution is 2.32. The Labute approximate surface area is 149 Å². The van der Waals surface area contributed by atoms with Gasteiger partial charge in [-0.3, -0.25) is 4.79 Å². The predicted molar refractivity (Wildman–Crippen MR) is 98.5 cm³/mol. The van der Waals surface area contributed by atoms with Gasteiger partial charge in [-0.05, 0) is 18.2 Å². The molecule has 1 aromatic heterocycles. The van der Waals surface area contributed by atoms with Crippen molar-refractivity contribution in [3.05, 3.63) is 66.7 Å². The van der Waals surface area contributed by atoms with E-state index in [-0.39, 0.29) is 12.5 Å². The molecule has 1 heterocycles. The molecule has 3 aromatic rings. The first kappa shape index (κ1) is 16.9. The molecule has 25 heavy (non-hydrogen) atoms.